The number of carbonyl (C=O) groups excluding carboxylic acids is 1. The van der Waals surface area contributed by atoms with E-state index < -0.39 is 0 Å². The summed E-state index contributed by atoms with van der Waals surface area (Å²) in [7, 11) is 3.12. The third kappa shape index (κ3) is 5.85. The molecule has 0 spiro atoms. The summed E-state index contributed by atoms with van der Waals surface area (Å²) in [5.74, 6) is 1.37. The van der Waals surface area contributed by atoms with Gasteiger partial charge >= 0.3 is 0 Å². The van der Waals surface area contributed by atoms with Gasteiger partial charge in [-0.3, -0.25) is 4.79 Å². The van der Waals surface area contributed by atoms with E-state index in [4.69, 9.17) is 14.2 Å². The van der Waals surface area contributed by atoms with Gasteiger partial charge in [0.1, 0.15) is 12.4 Å². The number of rotatable bonds is 8. The molecule has 0 heterocycles. The number of amides is 1. The van der Waals surface area contributed by atoms with Gasteiger partial charge in [-0.2, -0.15) is 5.10 Å². The fraction of sp³-hybridized carbons (Fsp3) is 0.200. The maximum atomic E-state index is 12.4. The summed E-state index contributed by atoms with van der Waals surface area (Å²) in [6, 6.07) is 19.0. The molecule has 6 heteroatoms. The Kier molecular flexibility index (Phi) is 7.27. The quantitative estimate of drug-likeness (QED) is 0.427. The van der Waals surface area contributed by atoms with Crippen LogP contribution in [0.15, 0.2) is 65.8 Å². The van der Waals surface area contributed by atoms with Gasteiger partial charge in [0.05, 0.1) is 26.0 Å². The number of methoxy groups -OCH3 is 2. The summed E-state index contributed by atoms with van der Waals surface area (Å²) < 4.78 is 16.6. The number of aryl methyl sites for hydroxylation is 2. The first-order valence-electron chi connectivity index (χ1n) is 9.84. The summed E-state index contributed by atoms with van der Waals surface area (Å²) in [6.07, 6.45) is 1.55. The van der Waals surface area contributed by atoms with Crippen LogP contribution < -0.4 is 19.6 Å². The van der Waals surface area contributed by atoms with Crippen LogP contribution >= 0.6 is 0 Å². The molecule has 3 aromatic carbocycles. The van der Waals surface area contributed by atoms with Crippen molar-refractivity contribution in [1.82, 2.24) is 5.43 Å². The highest BCUT2D eigenvalue weighted by Gasteiger charge is 2.11. The molecule has 0 aromatic heterocycles. The maximum absolute atomic E-state index is 12.4. The molecular weight excluding hydrogens is 392 g/mol. The first-order valence-corrected chi connectivity index (χ1v) is 9.84. The molecule has 0 aliphatic rings. The number of nitrogens with one attached hydrogen (secondary N) is 1. The molecule has 0 bridgehead atoms. The van der Waals surface area contributed by atoms with Crippen molar-refractivity contribution in [2.75, 3.05) is 14.2 Å². The zero-order chi connectivity index (χ0) is 22.2. The second-order valence-corrected chi connectivity index (χ2v) is 7.09. The highest BCUT2D eigenvalue weighted by molar-refractivity contribution is 5.97. The second kappa shape index (κ2) is 10.3. The molecule has 6 nitrogen and oxygen atoms in total. The van der Waals surface area contributed by atoms with Gasteiger partial charge < -0.3 is 14.2 Å². The van der Waals surface area contributed by atoms with Crippen LogP contribution in [-0.2, 0) is 6.61 Å². The smallest absolute Gasteiger partial charge is 0.275 e. The van der Waals surface area contributed by atoms with E-state index in [2.05, 4.69) is 22.7 Å². The molecular formula is C25H26N2O4. The van der Waals surface area contributed by atoms with Crippen molar-refractivity contribution in [3.8, 4) is 17.2 Å². The van der Waals surface area contributed by atoms with Crippen molar-refractivity contribution in [2.45, 2.75) is 20.5 Å². The van der Waals surface area contributed by atoms with Crippen molar-refractivity contribution in [3.05, 3.63) is 88.5 Å². The van der Waals surface area contributed by atoms with Gasteiger partial charge in [-0.05, 0) is 60.9 Å². The summed E-state index contributed by atoms with van der Waals surface area (Å²) in [6.45, 7) is 4.43. The monoisotopic (exact) mass is 418 g/mol. The van der Waals surface area contributed by atoms with Gasteiger partial charge in [0.15, 0.2) is 11.5 Å². The summed E-state index contributed by atoms with van der Waals surface area (Å²) in [5, 5.41) is 4.05. The SMILES string of the molecule is COc1cc(/C=N\NC(=O)c2ccc(C)cc2OC)ccc1OCc1ccc(C)cc1. The Morgan fingerprint density at radius 3 is 2.29 bits per heavy atom. The van der Waals surface area contributed by atoms with Crippen LogP contribution in [0.3, 0.4) is 0 Å². The molecule has 1 amide bonds. The molecule has 3 rings (SSSR count). The molecule has 1 N–H and O–H groups in total. The van der Waals surface area contributed by atoms with E-state index in [1.54, 1.807) is 31.5 Å². The predicted molar refractivity (Wildman–Crippen MR) is 121 cm³/mol. The minimum absolute atomic E-state index is 0.349. The average Bonchev–Trinajstić information content (AvgIpc) is 2.78. The molecule has 0 saturated carbocycles. The van der Waals surface area contributed by atoms with Gasteiger partial charge in [-0.1, -0.05) is 35.9 Å². The molecule has 0 atom stereocenters. The first kappa shape index (κ1) is 21.9. The Hall–Kier alpha value is -3.80. The number of hydrazone groups is 1. The maximum Gasteiger partial charge on any atom is 0.275 e. The minimum atomic E-state index is -0.349. The van der Waals surface area contributed by atoms with E-state index in [-0.39, 0.29) is 5.91 Å². The van der Waals surface area contributed by atoms with E-state index in [0.29, 0.717) is 29.4 Å². The Labute approximate surface area is 182 Å². The van der Waals surface area contributed by atoms with Gasteiger partial charge in [0, 0.05) is 0 Å². The summed E-state index contributed by atoms with van der Waals surface area (Å²) in [5.41, 5.74) is 6.99. The fourth-order valence-corrected chi connectivity index (χ4v) is 2.94. The molecule has 160 valence electrons. The van der Waals surface area contributed by atoms with Crippen LogP contribution in [0.5, 0.6) is 17.2 Å². The van der Waals surface area contributed by atoms with Crippen LogP contribution in [0.4, 0.5) is 0 Å². The van der Waals surface area contributed by atoms with Gasteiger partial charge in [0.2, 0.25) is 0 Å². The Balaban J connectivity index is 1.64. The highest BCUT2D eigenvalue weighted by Crippen LogP contribution is 2.28. The highest BCUT2D eigenvalue weighted by atomic mass is 16.5. The third-order valence-electron chi connectivity index (χ3n) is 4.68. The molecule has 0 unspecified atom stereocenters. The van der Waals surface area contributed by atoms with Crippen LogP contribution in [-0.4, -0.2) is 26.3 Å². The zero-order valence-corrected chi connectivity index (χ0v) is 18.1. The van der Waals surface area contributed by atoms with Crippen LogP contribution in [0.2, 0.25) is 0 Å². The van der Waals surface area contributed by atoms with Crippen molar-refractivity contribution in [2.24, 2.45) is 5.10 Å². The lowest BCUT2D eigenvalue weighted by atomic mass is 10.1. The number of ether oxygens (including phenoxy) is 3. The molecule has 0 aliphatic carbocycles. The lowest BCUT2D eigenvalue weighted by molar-refractivity contribution is 0.0952. The molecule has 0 radical (unpaired) electrons. The summed E-state index contributed by atoms with van der Waals surface area (Å²) in [4.78, 5) is 12.4. The molecule has 0 fully saturated rings. The second-order valence-electron chi connectivity index (χ2n) is 7.09. The van der Waals surface area contributed by atoms with Crippen molar-refractivity contribution in [1.29, 1.82) is 0 Å². The van der Waals surface area contributed by atoms with Gasteiger partial charge in [-0.25, -0.2) is 5.43 Å². The number of hydrogen-bond acceptors (Lipinski definition) is 5. The van der Waals surface area contributed by atoms with E-state index >= 15 is 0 Å². The predicted octanol–water partition coefficient (Wildman–Crippen LogP) is 4.66. The Morgan fingerprint density at radius 2 is 1.58 bits per heavy atom. The van der Waals surface area contributed by atoms with E-state index in [9.17, 15) is 4.79 Å². The molecule has 31 heavy (non-hydrogen) atoms. The minimum Gasteiger partial charge on any atom is -0.496 e. The molecule has 0 aliphatic heterocycles. The van der Waals surface area contributed by atoms with Crippen molar-refractivity contribution < 1.29 is 19.0 Å². The lowest BCUT2D eigenvalue weighted by Gasteiger charge is -2.11. The number of carbonyl (C=O) groups is 1. The standard InChI is InChI=1S/C25H26N2O4/c1-17-5-8-19(9-6-17)16-31-22-12-10-20(14-24(22)30-4)15-26-27-25(28)21-11-7-18(2)13-23(21)29-3/h5-15H,16H2,1-4H3,(H,27,28)/b26-15-. The van der Waals surface area contributed by atoms with Crippen molar-refractivity contribution in [3.63, 3.8) is 0 Å². The normalized spacial score (nSPS) is 10.7. The number of benzene rings is 3. The van der Waals surface area contributed by atoms with Crippen LogP contribution in [0.1, 0.15) is 32.6 Å². The number of hydrogen-bond donors (Lipinski definition) is 1. The van der Waals surface area contributed by atoms with Crippen molar-refractivity contribution >= 4 is 12.1 Å². The van der Waals surface area contributed by atoms with E-state index in [0.717, 1.165) is 16.7 Å². The fourth-order valence-electron chi connectivity index (χ4n) is 2.94. The van der Waals surface area contributed by atoms with Crippen LogP contribution in [0.25, 0.3) is 0 Å². The van der Waals surface area contributed by atoms with E-state index in [1.165, 1.54) is 12.7 Å². The van der Waals surface area contributed by atoms with Gasteiger partial charge in [-0.15, -0.1) is 0 Å². The topological polar surface area (TPSA) is 69.2 Å². The lowest BCUT2D eigenvalue weighted by Crippen LogP contribution is -2.18. The zero-order valence-electron chi connectivity index (χ0n) is 18.1. The Morgan fingerprint density at radius 1 is 0.871 bits per heavy atom. The first-order chi connectivity index (χ1) is 15.0. The van der Waals surface area contributed by atoms with Crippen LogP contribution in [0, 0.1) is 13.8 Å². The molecule has 0 saturated heterocycles. The Bertz CT molecular complexity index is 1080. The third-order valence-corrected chi connectivity index (χ3v) is 4.68. The summed E-state index contributed by atoms with van der Waals surface area (Å²) >= 11 is 0. The van der Waals surface area contributed by atoms with Gasteiger partial charge in [0.25, 0.3) is 5.91 Å². The number of nitrogens with zero attached hydrogens (tertiary/aromatic N) is 1. The molecule has 3 aromatic rings. The average molecular weight is 418 g/mol. The largest absolute Gasteiger partial charge is 0.496 e. The van der Waals surface area contributed by atoms with E-state index in [1.807, 2.05) is 44.2 Å².